The highest BCUT2D eigenvalue weighted by Crippen LogP contribution is 2.27. The molecular formula is C19H16. The van der Waals surface area contributed by atoms with Crippen LogP contribution in [0.3, 0.4) is 0 Å². The first-order valence-corrected chi connectivity index (χ1v) is 5.50. The van der Waals surface area contributed by atoms with E-state index in [1.165, 1.54) is 6.92 Å². The third-order valence-electron chi connectivity index (χ3n) is 2.38. The summed E-state index contributed by atoms with van der Waals surface area (Å²) in [6.07, 6.45) is 0. The molecule has 0 radical (unpaired) electrons. The van der Waals surface area contributed by atoms with Crippen molar-refractivity contribution in [2.45, 2.75) is 6.92 Å². The Morgan fingerprint density at radius 3 is 1.42 bits per heavy atom. The summed E-state index contributed by atoms with van der Waals surface area (Å²) >= 11 is 0. The zero-order chi connectivity index (χ0) is 24.4. The fourth-order valence-corrected chi connectivity index (χ4v) is 1.59. The quantitative estimate of drug-likeness (QED) is 0.582. The SMILES string of the molecule is [2H]c1c([2H])c([2H])c(-c2c([2H])c(C)c([2H])c(-c3c([2H])c([2H])c([2H])c([2H])c3[2H])c2[2H])c([2H])c1[2H]. The number of hydrogen-bond acceptors (Lipinski definition) is 0. The number of hydrogen-bond donors (Lipinski definition) is 0. The van der Waals surface area contributed by atoms with Gasteiger partial charge in [-0.1, -0.05) is 72.5 Å². The van der Waals surface area contributed by atoms with Crippen LogP contribution in [-0.4, -0.2) is 0 Å². The van der Waals surface area contributed by atoms with E-state index in [1.54, 1.807) is 0 Å². The Morgan fingerprint density at radius 1 is 0.579 bits per heavy atom. The van der Waals surface area contributed by atoms with Gasteiger partial charge in [0.25, 0.3) is 0 Å². The van der Waals surface area contributed by atoms with Crippen molar-refractivity contribution in [3.63, 3.8) is 0 Å². The van der Waals surface area contributed by atoms with E-state index < -0.39 is 89.7 Å². The van der Waals surface area contributed by atoms with Crippen LogP contribution in [0, 0.1) is 6.92 Å². The lowest BCUT2D eigenvalue weighted by atomic mass is 9.97. The maximum Gasteiger partial charge on any atom is 0.0636 e. The summed E-state index contributed by atoms with van der Waals surface area (Å²) < 4.78 is 105. The van der Waals surface area contributed by atoms with Gasteiger partial charge in [-0.2, -0.15) is 0 Å². The van der Waals surface area contributed by atoms with Crippen LogP contribution in [0.15, 0.2) is 78.6 Å². The van der Waals surface area contributed by atoms with Crippen LogP contribution in [0.5, 0.6) is 0 Å². The lowest BCUT2D eigenvalue weighted by Crippen LogP contribution is -1.84. The highest BCUT2D eigenvalue weighted by molar-refractivity contribution is 5.74. The minimum Gasteiger partial charge on any atom is -0.0622 e. The van der Waals surface area contributed by atoms with Crippen molar-refractivity contribution in [2.24, 2.45) is 0 Å². The van der Waals surface area contributed by atoms with Gasteiger partial charge in [0.05, 0.1) is 17.8 Å². The van der Waals surface area contributed by atoms with E-state index in [0.717, 1.165) is 0 Å². The molecule has 19 heavy (non-hydrogen) atoms. The van der Waals surface area contributed by atoms with E-state index in [0.29, 0.717) is 0 Å². The smallest absolute Gasteiger partial charge is 0.0622 e. The summed E-state index contributed by atoms with van der Waals surface area (Å²) in [5, 5.41) is 0. The van der Waals surface area contributed by atoms with Gasteiger partial charge < -0.3 is 0 Å². The third-order valence-corrected chi connectivity index (χ3v) is 2.38. The van der Waals surface area contributed by atoms with Crippen molar-refractivity contribution >= 4 is 0 Å². The van der Waals surface area contributed by atoms with Crippen LogP contribution in [0.1, 0.15) is 23.4 Å². The van der Waals surface area contributed by atoms with Gasteiger partial charge in [0.1, 0.15) is 0 Å². The lowest BCUT2D eigenvalue weighted by Gasteiger charge is -2.08. The number of rotatable bonds is 2. The Morgan fingerprint density at radius 2 is 1.00 bits per heavy atom. The van der Waals surface area contributed by atoms with Gasteiger partial charge in [0.15, 0.2) is 0 Å². The topological polar surface area (TPSA) is 0 Å². The highest BCUT2D eigenvalue weighted by atomic mass is 14.1. The summed E-state index contributed by atoms with van der Waals surface area (Å²) in [6, 6.07) is -8.06. The molecule has 92 valence electrons. The highest BCUT2D eigenvalue weighted by Gasteiger charge is 2.02. The average Bonchev–Trinajstić information content (AvgIpc) is 2.76. The minimum atomic E-state index is -0.670. The molecule has 0 saturated heterocycles. The Hall–Kier alpha value is -2.34. The zero-order valence-corrected chi connectivity index (χ0v) is 10.0. The van der Waals surface area contributed by atoms with E-state index in [2.05, 4.69) is 0 Å². The molecule has 0 unspecified atom stereocenters. The molecule has 0 spiro atoms. The summed E-state index contributed by atoms with van der Waals surface area (Å²) in [7, 11) is 0. The van der Waals surface area contributed by atoms with E-state index in [-0.39, 0.29) is 16.7 Å². The molecule has 0 heteroatoms. The molecule has 0 amide bonds. The van der Waals surface area contributed by atoms with Gasteiger partial charge in [-0.05, 0) is 40.8 Å². The lowest BCUT2D eigenvalue weighted by molar-refractivity contribution is 1.46. The van der Waals surface area contributed by atoms with Crippen LogP contribution >= 0.6 is 0 Å². The summed E-state index contributed by atoms with van der Waals surface area (Å²) in [4.78, 5) is 0. The van der Waals surface area contributed by atoms with E-state index in [4.69, 9.17) is 17.8 Å². The van der Waals surface area contributed by atoms with E-state index in [9.17, 15) is 0 Å². The van der Waals surface area contributed by atoms with Crippen molar-refractivity contribution in [1.29, 1.82) is 0 Å². The molecule has 0 atom stereocenters. The van der Waals surface area contributed by atoms with E-state index in [1.807, 2.05) is 0 Å². The molecule has 0 saturated carbocycles. The first-order valence-electron chi connectivity index (χ1n) is 12.0. The van der Waals surface area contributed by atoms with Crippen LogP contribution in [-0.2, 0) is 0 Å². The molecular weight excluding hydrogens is 228 g/mol. The second-order valence-electron chi connectivity index (χ2n) is 3.75. The Kier molecular flexibility index (Phi) is 1.10. The largest absolute Gasteiger partial charge is 0.0636 e. The summed E-state index contributed by atoms with van der Waals surface area (Å²) in [6.45, 7) is 1.35. The minimum absolute atomic E-state index is 0.0374. The van der Waals surface area contributed by atoms with Gasteiger partial charge >= 0.3 is 0 Å². The summed E-state index contributed by atoms with van der Waals surface area (Å²) in [5.41, 5.74) is -1.65. The maximum atomic E-state index is 8.66. The van der Waals surface area contributed by atoms with Crippen LogP contribution in [0.25, 0.3) is 22.3 Å². The molecule has 0 aliphatic rings. The molecule has 0 aliphatic carbocycles. The monoisotopic (exact) mass is 257 g/mol. The molecule has 0 aromatic heterocycles. The molecule has 3 aromatic rings. The first-order chi connectivity index (χ1) is 14.7. The van der Waals surface area contributed by atoms with Crippen molar-refractivity contribution < 1.29 is 17.8 Å². The van der Waals surface area contributed by atoms with Crippen molar-refractivity contribution in [3.8, 4) is 22.3 Å². The molecule has 0 fully saturated rings. The van der Waals surface area contributed by atoms with Gasteiger partial charge in [-0.3, -0.25) is 0 Å². The Bertz CT molecular complexity index is 1160. The predicted octanol–water partition coefficient (Wildman–Crippen LogP) is 5.33. The number of benzene rings is 3. The van der Waals surface area contributed by atoms with E-state index >= 15 is 0 Å². The second-order valence-corrected chi connectivity index (χ2v) is 3.75. The maximum absolute atomic E-state index is 8.66. The molecule has 3 rings (SSSR count). The fourth-order valence-electron chi connectivity index (χ4n) is 1.59. The third kappa shape index (κ3) is 2.58. The molecule has 0 N–H and O–H groups in total. The van der Waals surface area contributed by atoms with Crippen molar-refractivity contribution in [2.75, 3.05) is 0 Å². The molecule has 0 nitrogen and oxygen atoms in total. The van der Waals surface area contributed by atoms with Gasteiger partial charge in [0, 0.05) is 0 Å². The van der Waals surface area contributed by atoms with Gasteiger partial charge in [0.2, 0.25) is 0 Å². The Labute approximate surface area is 132 Å². The molecule has 0 bridgehead atoms. The van der Waals surface area contributed by atoms with Gasteiger partial charge in [-0.25, -0.2) is 0 Å². The second kappa shape index (κ2) is 5.11. The zero-order valence-electron chi connectivity index (χ0n) is 23.0. The molecule has 0 aliphatic heterocycles. The van der Waals surface area contributed by atoms with Crippen molar-refractivity contribution in [3.05, 3.63) is 84.1 Å². The first kappa shape index (κ1) is 4.08. The van der Waals surface area contributed by atoms with Gasteiger partial charge in [-0.15, -0.1) is 0 Å². The van der Waals surface area contributed by atoms with Crippen LogP contribution < -0.4 is 0 Å². The molecule has 3 aromatic carbocycles. The Balaban J connectivity index is 2.59. The standard InChI is InChI=1S/C19H16/c1-15-12-18(16-8-4-2-5-9-16)14-19(13-15)17-10-6-3-7-11-17/h2-14H,1H3/i2D,3D,4D,5D,6D,7D,8D,9D,10D,11D,12D,13D,14D. The summed E-state index contributed by atoms with van der Waals surface area (Å²) in [5.74, 6) is 0. The van der Waals surface area contributed by atoms with Crippen LogP contribution in [0.4, 0.5) is 0 Å². The fraction of sp³-hybridized carbons (Fsp3) is 0.0526. The average molecular weight is 257 g/mol. The normalized spacial score (nSPS) is 19.9. The predicted molar refractivity (Wildman–Crippen MR) is 82.1 cm³/mol. The van der Waals surface area contributed by atoms with Crippen LogP contribution in [0.2, 0.25) is 0 Å². The van der Waals surface area contributed by atoms with Crippen molar-refractivity contribution in [1.82, 2.24) is 0 Å². The molecule has 0 heterocycles.